The first-order chi connectivity index (χ1) is 11.0. The van der Waals surface area contributed by atoms with Gasteiger partial charge in [0, 0.05) is 19.7 Å². The number of hydrogen-bond donors (Lipinski definition) is 1. The van der Waals surface area contributed by atoms with Gasteiger partial charge >= 0.3 is 5.97 Å². The summed E-state index contributed by atoms with van der Waals surface area (Å²) in [5.74, 6) is -2.32. The van der Waals surface area contributed by atoms with Crippen LogP contribution in [0.15, 0.2) is 24.3 Å². The van der Waals surface area contributed by atoms with Crippen molar-refractivity contribution in [2.45, 2.75) is 38.2 Å². The van der Waals surface area contributed by atoms with E-state index in [0.717, 1.165) is 12.8 Å². The van der Waals surface area contributed by atoms with Crippen molar-refractivity contribution in [1.82, 2.24) is 4.90 Å². The highest BCUT2D eigenvalue weighted by atomic mass is 19.1. The topological polar surface area (TPSA) is 66.8 Å². The highest BCUT2D eigenvalue weighted by molar-refractivity contribution is 5.83. The Bertz CT molecular complexity index is 557. The van der Waals surface area contributed by atoms with E-state index in [1.54, 1.807) is 25.1 Å². The summed E-state index contributed by atoms with van der Waals surface area (Å²) in [7, 11) is 0. The molecule has 1 aliphatic rings. The number of carbonyl (C=O) groups is 2. The summed E-state index contributed by atoms with van der Waals surface area (Å²) in [6.45, 7) is 2.76. The van der Waals surface area contributed by atoms with Crippen molar-refractivity contribution in [2.24, 2.45) is 0 Å². The third-order valence-corrected chi connectivity index (χ3v) is 4.10. The van der Waals surface area contributed by atoms with Crippen molar-refractivity contribution in [1.29, 1.82) is 0 Å². The number of ether oxygens (including phenoxy) is 1. The fourth-order valence-electron chi connectivity index (χ4n) is 2.79. The number of nitrogens with zero attached hydrogens (tertiary/aromatic N) is 1. The molecule has 23 heavy (non-hydrogen) atoms. The molecule has 6 heteroatoms. The van der Waals surface area contributed by atoms with Crippen LogP contribution in [0.2, 0.25) is 0 Å². The maximum atomic E-state index is 13.9. The summed E-state index contributed by atoms with van der Waals surface area (Å²) >= 11 is 0. The predicted molar refractivity (Wildman–Crippen MR) is 82.6 cm³/mol. The summed E-state index contributed by atoms with van der Waals surface area (Å²) in [5, 5.41) is 8.88. The van der Waals surface area contributed by atoms with E-state index in [1.807, 2.05) is 0 Å². The first kappa shape index (κ1) is 17.4. The number of amides is 1. The van der Waals surface area contributed by atoms with E-state index in [2.05, 4.69) is 0 Å². The minimum absolute atomic E-state index is 0.0689. The molecular formula is C17H22FNO4. The lowest BCUT2D eigenvalue weighted by Crippen LogP contribution is -2.41. The highest BCUT2D eigenvalue weighted by Gasteiger charge is 2.28. The highest BCUT2D eigenvalue weighted by Crippen LogP contribution is 2.22. The average molecular weight is 323 g/mol. The third kappa shape index (κ3) is 4.76. The largest absolute Gasteiger partial charge is 0.481 e. The van der Waals surface area contributed by atoms with Gasteiger partial charge in [-0.05, 0) is 31.4 Å². The van der Waals surface area contributed by atoms with E-state index in [9.17, 15) is 14.0 Å². The predicted octanol–water partition coefficient (Wildman–Crippen LogP) is 2.41. The number of halogens is 1. The van der Waals surface area contributed by atoms with Crippen molar-refractivity contribution in [2.75, 3.05) is 19.7 Å². The SMILES string of the molecule is CC(C(=O)N(CCC(=O)O)CC1CCCO1)c1ccccc1F. The number of aliphatic carboxylic acids is 1. The maximum absolute atomic E-state index is 13.9. The average Bonchev–Trinajstić information content (AvgIpc) is 3.03. The molecule has 0 spiro atoms. The van der Waals surface area contributed by atoms with Gasteiger partial charge in [-0.25, -0.2) is 4.39 Å². The van der Waals surface area contributed by atoms with Crippen LogP contribution in [0.1, 0.15) is 37.7 Å². The van der Waals surface area contributed by atoms with Crippen LogP contribution in [-0.2, 0) is 14.3 Å². The van der Waals surface area contributed by atoms with E-state index >= 15 is 0 Å². The van der Waals surface area contributed by atoms with Crippen molar-refractivity contribution in [3.8, 4) is 0 Å². The minimum atomic E-state index is -0.964. The third-order valence-electron chi connectivity index (χ3n) is 4.10. The van der Waals surface area contributed by atoms with Crippen LogP contribution in [-0.4, -0.2) is 47.7 Å². The van der Waals surface area contributed by atoms with Gasteiger partial charge in [-0.2, -0.15) is 0 Å². The molecule has 0 aromatic heterocycles. The second kappa shape index (κ2) is 8.06. The van der Waals surface area contributed by atoms with Gasteiger partial charge < -0.3 is 14.7 Å². The zero-order valence-corrected chi connectivity index (χ0v) is 13.2. The van der Waals surface area contributed by atoms with Crippen molar-refractivity contribution in [3.05, 3.63) is 35.6 Å². The van der Waals surface area contributed by atoms with Gasteiger partial charge in [0.2, 0.25) is 5.91 Å². The lowest BCUT2D eigenvalue weighted by atomic mass is 9.98. The molecule has 1 aromatic carbocycles. The number of carbonyl (C=O) groups excluding carboxylic acids is 1. The number of hydrogen-bond acceptors (Lipinski definition) is 3. The van der Waals surface area contributed by atoms with E-state index in [-0.39, 0.29) is 25.0 Å². The van der Waals surface area contributed by atoms with E-state index in [0.29, 0.717) is 18.7 Å². The second-order valence-electron chi connectivity index (χ2n) is 5.81. The molecule has 0 saturated carbocycles. The van der Waals surface area contributed by atoms with Crippen LogP contribution in [0.4, 0.5) is 4.39 Å². The molecule has 0 bridgehead atoms. The molecule has 0 radical (unpaired) electrons. The molecule has 2 atom stereocenters. The lowest BCUT2D eigenvalue weighted by Gasteiger charge is -2.28. The van der Waals surface area contributed by atoms with E-state index in [4.69, 9.17) is 9.84 Å². The van der Waals surface area contributed by atoms with Crippen LogP contribution in [0.5, 0.6) is 0 Å². The Morgan fingerprint density at radius 1 is 1.43 bits per heavy atom. The number of carboxylic acids is 1. The quantitative estimate of drug-likeness (QED) is 0.837. The van der Waals surface area contributed by atoms with Crippen LogP contribution in [0, 0.1) is 5.82 Å². The van der Waals surface area contributed by atoms with E-state index in [1.165, 1.54) is 11.0 Å². The smallest absolute Gasteiger partial charge is 0.305 e. The Kier molecular flexibility index (Phi) is 6.10. The molecule has 5 nitrogen and oxygen atoms in total. The number of benzene rings is 1. The first-order valence-electron chi connectivity index (χ1n) is 7.85. The maximum Gasteiger partial charge on any atom is 0.305 e. The van der Waals surface area contributed by atoms with Gasteiger partial charge in [0.15, 0.2) is 0 Å². The Hall–Kier alpha value is -1.95. The molecule has 1 amide bonds. The molecule has 0 aliphatic carbocycles. The van der Waals surface area contributed by atoms with Gasteiger partial charge in [0.05, 0.1) is 18.4 Å². The zero-order valence-electron chi connectivity index (χ0n) is 13.2. The van der Waals surface area contributed by atoms with Crippen LogP contribution < -0.4 is 0 Å². The Balaban J connectivity index is 2.10. The fourth-order valence-corrected chi connectivity index (χ4v) is 2.79. The zero-order chi connectivity index (χ0) is 16.8. The molecular weight excluding hydrogens is 301 g/mol. The van der Waals surface area contributed by atoms with Crippen LogP contribution in [0.3, 0.4) is 0 Å². The molecule has 2 rings (SSSR count). The molecule has 1 aromatic rings. The fraction of sp³-hybridized carbons (Fsp3) is 0.529. The van der Waals surface area contributed by atoms with Gasteiger partial charge in [-0.15, -0.1) is 0 Å². The van der Waals surface area contributed by atoms with Crippen molar-refractivity contribution >= 4 is 11.9 Å². The minimum Gasteiger partial charge on any atom is -0.481 e. The summed E-state index contributed by atoms with van der Waals surface area (Å²) in [4.78, 5) is 25.0. The van der Waals surface area contributed by atoms with Crippen molar-refractivity contribution < 1.29 is 23.8 Å². The molecule has 1 heterocycles. The lowest BCUT2D eigenvalue weighted by molar-refractivity contribution is -0.139. The summed E-state index contributed by atoms with van der Waals surface area (Å²) in [6, 6.07) is 6.16. The Morgan fingerprint density at radius 2 is 2.17 bits per heavy atom. The first-order valence-corrected chi connectivity index (χ1v) is 7.85. The summed E-state index contributed by atoms with van der Waals surface area (Å²) < 4.78 is 19.4. The van der Waals surface area contributed by atoms with Crippen molar-refractivity contribution in [3.63, 3.8) is 0 Å². The summed E-state index contributed by atoms with van der Waals surface area (Å²) in [5.41, 5.74) is 0.324. The van der Waals surface area contributed by atoms with Gasteiger partial charge in [0.1, 0.15) is 5.82 Å². The Morgan fingerprint density at radius 3 is 2.78 bits per heavy atom. The normalized spacial score (nSPS) is 18.6. The molecule has 1 N–H and O–H groups in total. The van der Waals surface area contributed by atoms with Crippen LogP contribution in [0.25, 0.3) is 0 Å². The standard InChI is InChI=1S/C17H22FNO4/c1-12(14-6-2-3-7-15(14)18)17(22)19(9-8-16(20)21)11-13-5-4-10-23-13/h2-3,6-7,12-13H,4-5,8-11H2,1H3,(H,20,21). The number of rotatable bonds is 7. The Labute approximate surface area is 135 Å². The van der Waals surface area contributed by atoms with Crippen LogP contribution >= 0.6 is 0 Å². The molecule has 1 aliphatic heterocycles. The monoisotopic (exact) mass is 323 g/mol. The molecule has 1 saturated heterocycles. The van der Waals surface area contributed by atoms with Gasteiger partial charge in [-0.1, -0.05) is 18.2 Å². The summed E-state index contributed by atoms with van der Waals surface area (Å²) in [6.07, 6.45) is 1.59. The van der Waals surface area contributed by atoms with E-state index < -0.39 is 17.7 Å². The molecule has 1 fully saturated rings. The second-order valence-corrected chi connectivity index (χ2v) is 5.81. The molecule has 126 valence electrons. The van der Waals surface area contributed by atoms with Gasteiger partial charge in [-0.3, -0.25) is 9.59 Å². The van der Waals surface area contributed by atoms with Gasteiger partial charge in [0.25, 0.3) is 0 Å². The molecule has 2 unspecified atom stereocenters. The number of carboxylic acid groups (broad SMARTS) is 1.